The topological polar surface area (TPSA) is 119 Å². The number of nitrogens with zero attached hydrogens (tertiary/aromatic N) is 1. The summed E-state index contributed by atoms with van der Waals surface area (Å²) < 4.78 is 12.4. The number of amides is 2. The van der Waals surface area contributed by atoms with Gasteiger partial charge in [0, 0.05) is 34.9 Å². The Balaban J connectivity index is 1.72. The van der Waals surface area contributed by atoms with Gasteiger partial charge < -0.3 is 29.8 Å². The number of rotatable bonds is 10. The molecule has 0 fully saturated rings. The number of carbonyl (C=O) groups is 3. The van der Waals surface area contributed by atoms with Crippen molar-refractivity contribution >= 4 is 40.0 Å². The molecule has 0 aliphatic heterocycles. The molecule has 2 aromatic carbocycles. The number of fused-ring (bicyclic) bond motifs is 3. The molecule has 1 aromatic heterocycles. The maximum Gasteiger partial charge on any atom is 0.407 e. The third kappa shape index (κ3) is 9.19. The molecule has 3 rings (SSSR count). The lowest BCUT2D eigenvalue weighted by Gasteiger charge is -2.19. The van der Waals surface area contributed by atoms with E-state index in [0.717, 1.165) is 58.6 Å². The molecule has 9 nitrogen and oxygen atoms in total. The number of aliphatic carboxylic acids is 1. The first-order valence-electron chi connectivity index (χ1n) is 13.4. The molecule has 1 heterocycles. The smallest absolute Gasteiger partial charge is 0.407 e. The molecular weight excluding hydrogens is 498 g/mol. The minimum atomic E-state index is -0.900. The molecule has 39 heavy (non-hydrogen) atoms. The molecule has 0 spiro atoms. The SMILES string of the molecule is CC(C)(C)OC(=O)NCCCc1ccc2c(c1)c1cc(CCCNC(=O)OC(C)(C)C)ccc1n2CC(=O)O. The number of carboxylic acid groups (broad SMARTS) is 1. The summed E-state index contributed by atoms with van der Waals surface area (Å²) in [4.78, 5) is 35.4. The van der Waals surface area contributed by atoms with E-state index in [0.29, 0.717) is 13.1 Å². The van der Waals surface area contributed by atoms with Gasteiger partial charge in [-0.15, -0.1) is 0 Å². The fraction of sp³-hybridized carbons (Fsp3) is 0.500. The normalized spacial score (nSPS) is 11.9. The van der Waals surface area contributed by atoms with Crippen LogP contribution in [0.25, 0.3) is 21.8 Å². The Kier molecular flexibility index (Phi) is 9.48. The lowest BCUT2D eigenvalue weighted by Crippen LogP contribution is -2.33. The van der Waals surface area contributed by atoms with Crippen LogP contribution in [0.3, 0.4) is 0 Å². The van der Waals surface area contributed by atoms with Crippen molar-refractivity contribution in [3.8, 4) is 0 Å². The van der Waals surface area contributed by atoms with Gasteiger partial charge in [0.15, 0.2) is 0 Å². The summed E-state index contributed by atoms with van der Waals surface area (Å²) in [6.07, 6.45) is 2.15. The second kappa shape index (κ2) is 12.4. The van der Waals surface area contributed by atoms with Gasteiger partial charge in [-0.05, 0) is 103 Å². The number of ether oxygens (including phenoxy) is 2. The summed E-state index contributed by atoms with van der Waals surface area (Å²) in [5, 5.41) is 17.1. The fourth-order valence-corrected chi connectivity index (χ4v) is 4.41. The van der Waals surface area contributed by atoms with Crippen molar-refractivity contribution in [2.75, 3.05) is 13.1 Å². The average molecular weight is 540 g/mol. The van der Waals surface area contributed by atoms with E-state index < -0.39 is 29.4 Å². The molecule has 0 bridgehead atoms. The van der Waals surface area contributed by atoms with Gasteiger partial charge in [-0.25, -0.2) is 9.59 Å². The maximum absolute atomic E-state index is 11.9. The molecule has 3 aromatic rings. The van der Waals surface area contributed by atoms with Crippen LogP contribution in [0.5, 0.6) is 0 Å². The van der Waals surface area contributed by atoms with Crippen LogP contribution in [-0.2, 0) is 33.7 Å². The van der Waals surface area contributed by atoms with Crippen LogP contribution in [0.1, 0.15) is 65.5 Å². The van der Waals surface area contributed by atoms with Crippen LogP contribution in [0.4, 0.5) is 9.59 Å². The van der Waals surface area contributed by atoms with E-state index in [2.05, 4.69) is 22.8 Å². The predicted molar refractivity (Wildman–Crippen MR) is 152 cm³/mol. The zero-order chi connectivity index (χ0) is 28.8. The zero-order valence-corrected chi connectivity index (χ0v) is 23.8. The number of hydrogen-bond acceptors (Lipinski definition) is 5. The van der Waals surface area contributed by atoms with Gasteiger partial charge in [-0.1, -0.05) is 12.1 Å². The van der Waals surface area contributed by atoms with Crippen molar-refractivity contribution in [3.63, 3.8) is 0 Å². The lowest BCUT2D eigenvalue weighted by molar-refractivity contribution is -0.137. The quantitative estimate of drug-likeness (QED) is 0.281. The fourth-order valence-electron chi connectivity index (χ4n) is 4.41. The van der Waals surface area contributed by atoms with Crippen LogP contribution in [0, 0.1) is 0 Å². The monoisotopic (exact) mass is 539 g/mol. The molecule has 0 radical (unpaired) electrons. The number of benzene rings is 2. The van der Waals surface area contributed by atoms with E-state index in [-0.39, 0.29) is 6.54 Å². The van der Waals surface area contributed by atoms with Crippen molar-refractivity contribution in [1.29, 1.82) is 0 Å². The first-order valence-corrected chi connectivity index (χ1v) is 13.4. The Bertz CT molecular complexity index is 1240. The third-order valence-electron chi connectivity index (χ3n) is 5.91. The van der Waals surface area contributed by atoms with E-state index in [4.69, 9.17) is 9.47 Å². The van der Waals surface area contributed by atoms with Gasteiger partial charge in [0.05, 0.1) is 0 Å². The van der Waals surface area contributed by atoms with E-state index in [1.165, 1.54) is 0 Å². The Morgan fingerprint density at radius 2 is 1.15 bits per heavy atom. The molecule has 3 N–H and O–H groups in total. The Labute approximate surface area is 229 Å². The van der Waals surface area contributed by atoms with Crippen LogP contribution < -0.4 is 10.6 Å². The second-order valence-electron chi connectivity index (χ2n) is 11.7. The molecule has 2 amide bonds. The van der Waals surface area contributed by atoms with Crippen molar-refractivity contribution in [2.24, 2.45) is 0 Å². The Morgan fingerprint density at radius 1 is 0.744 bits per heavy atom. The summed E-state index contributed by atoms with van der Waals surface area (Å²) in [5.74, 6) is -0.900. The number of carboxylic acids is 1. The van der Waals surface area contributed by atoms with E-state index in [1.807, 2.05) is 70.4 Å². The van der Waals surface area contributed by atoms with Crippen molar-refractivity contribution < 1.29 is 29.0 Å². The minimum Gasteiger partial charge on any atom is -0.480 e. The second-order valence-corrected chi connectivity index (χ2v) is 11.7. The van der Waals surface area contributed by atoms with Gasteiger partial charge in [0.2, 0.25) is 0 Å². The molecule has 0 saturated heterocycles. The molecule has 9 heteroatoms. The van der Waals surface area contributed by atoms with Crippen molar-refractivity contribution in [3.05, 3.63) is 47.5 Å². The lowest BCUT2D eigenvalue weighted by atomic mass is 10.0. The summed E-state index contributed by atoms with van der Waals surface area (Å²) in [6.45, 7) is 11.8. The first kappa shape index (κ1) is 29.8. The molecule has 0 unspecified atom stereocenters. The average Bonchev–Trinajstić information content (AvgIpc) is 3.09. The molecule has 0 saturated carbocycles. The van der Waals surface area contributed by atoms with Crippen LogP contribution in [-0.4, -0.2) is 52.1 Å². The van der Waals surface area contributed by atoms with Gasteiger partial charge >= 0.3 is 18.2 Å². The predicted octanol–water partition coefficient (Wildman–Crippen LogP) is 5.79. The molecule has 0 aliphatic carbocycles. The summed E-state index contributed by atoms with van der Waals surface area (Å²) in [7, 11) is 0. The van der Waals surface area contributed by atoms with Crippen LogP contribution in [0.15, 0.2) is 36.4 Å². The van der Waals surface area contributed by atoms with Crippen LogP contribution in [0.2, 0.25) is 0 Å². The highest BCUT2D eigenvalue weighted by Crippen LogP contribution is 2.31. The molecular formula is C30H41N3O6. The number of hydrogen-bond donors (Lipinski definition) is 3. The standard InChI is InChI=1S/C30H41N3O6/c1-29(2,3)38-27(36)31-15-7-9-20-11-13-24-22(17-20)23-18-21(12-14-25(23)33(24)19-26(34)35)10-8-16-32-28(37)39-30(4,5)6/h11-14,17-18H,7-10,15-16,19H2,1-6H3,(H,31,36)(H,32,37)(H,34,35). The number of nitrogens with one attached hydrogen (secondary N) is 2. The van der Waals surface area contributed by atoms with E-state index in [9.17, 15) is 19.5 Å². The largest absolute Gasteiger partial charge is 0.480 e. The number of alkyl carbamates (subject to hydrolysis) is 2. The van der Waals surface area contributed by atoms with Gasteiger partial charge in [0.25, 0.3) is 0 Å². The number of carbonyl (C=O) groups excluding carboxylic acids is 2. The Morgan fingerprint density at radius 3 is 1.51 bits per heavy atom. The highest BCUT2D eigenvalue weighted by Gasteiger charge is 2.17. The van der Waals surface area contributed by atoms with Gasteiger partial charge in [-0.2, -0.15) is 0 Å². The van der Waals surface area contributed by atoms with E-state index >= 15 is 0 Å². The highest BCUT2D eigenvalue weighted by molar-refractivity contribution is 6.09. The zero-order valence-electron chi connectivity index (χ0n) is 23.8. The molecule has 0 atom stereocenters. The summed E-state index contributed by atoms with van der Waals surface area (Å²) in [6, 6.07) is 12.2. The van der Waals surface area contributed by atoms with Crippen LogP contribution >= 0.6 is 0 Å². The maximum atomic E-state index is 11.9. The van der Waals surface area contributed by atoms with Gasteiger partial charge in [0.1, 0.15) is 17.7 Å². The summed E-state index contributed by atoms with van der Waals surface area (Å²) >= 11 is 0. The van der Waals surface area contributed by atoms with Crippen molar-refractivity contribution in [2.45, 2.75) is 85.0 Å². The van der Waals surface area contributed by atoms with Crippen molar-refractivity contribution in [1.82, 2.24) is 15.2 Å². The number of aromatic nitrogens is 1. The molecule has 212 valence electrons. The van der Waals surface area contributed by atoms with Gasteiger partial charge in [-0.3, -0.25) is 4.79 Å². The molecule has 0 aliphatic rings. The number of aryl methyl sites for hydroxylation is 2. The summed E-state index contributed by atoms with van der Waals surface area (Å²) in [5.41, 5.74) is 2.88. The first-order chi connectivity index (χ1) is 18.2. The van der Waals surface area contributed by atoms with E-state index in [1.54, 1.807) is 0 Å². The highest BCUT2D eigenvalue weighted by atomic mass is 16.6. The minimum absolute atomic E-state index is 0.127. The Hall–Kier alpha value is -3.75. The third-order valence-corrected chi connectivity index (χ3v) is 5.91.